The van der Waals surface area contributed by atoms with Crippen LogP contribution in [0.2, 0.25) is 0 Å². The van der Waals surface area contributed by atoms with Gasteiger partial charge in [-0.2, -0.15) is 0 Å². The molecule has 0 radical (unpaired) electrons. The van der Waals surface area contributed by atoms with Crippen LogP contribution >= 0.6 is 0 Å². The summed E-state index contributed by atoms with van der Waals surface area (Å²) in [4.78, 5) is 11.4. The van der Waals surface area contributed by atoms with Crippen LogP contribution in [0.25, 0.3) is 0 Å². The highest BCUT2D eigenvalue weighted by molar-refractivity contribution is 5.80. The van der Waals surface area contributed by atoms with Crippen molar-refractivity contribution < 1.29 is 13.6 Å². The van der Waals surface area contributed by atoms with Gasteiger partial charge in [0.15, 0.2) is 11.6 Å². The fourth-order valence-corrected chi connectivity index (χ4v) is 1.24. The fourth-order valence-electron chi connectivity index (χ4n) is 1.24. The highest BCUT2D eigenvalue weighted by atomic mass is 19.2. The first-order chi connectivity index (χ1) is 8.04. The molecular weight excluding hydrogens is 226 g/mol. The number of benzene rings is 1. The minimum Gasteiger partial charge on any atom is -0.374 e. The summed E-state index contributed by atoms with van der Waals surface area (Å²) in [6.07, 6.45) is 0.820. The molecule has 0 bridgehead atoms. The molecule has 2 N–H and O–H groups in total. The van der Waals surface area contributed by atoms with Gasteiger partial charge in [-0.3, -0.25) is 4.79 Å². The summed E-state index contributed by atoms with van der Waals surface area (Å²) in [6.45, 7) is 3.75. The predicted molar refractivity (Wildman–Crippen MR) is 62.7 cm³/mol. The third-order valence-electron chi connectivity index (χ3n) is 2.41. The van der Waals surface area contributed by atoms with Crippen LogP contribution in [0.1, 0.15) is 20.3 Å². The molecule has 0 saturated carbocycles. The van der Waals surface area contributed by atoms with Gasteiger partial charge >= 0.3 is 0 Å². The zero-order chi connectivity index (χ0) is 12.8. The molecular formula is C12H16F2N2O. The number of carbonyl (C=O) groups excluding carboxylic acids is 1. The number of hydrogen-bond acceptors (Lipinski definition) is 2. The van der Waals surface area contributed by atoms with Crippen molar-refractivity contribution in [1.82, 2.24) is 5.32 Å². The van der Waals surface area contributed by atoms with Gasteiger partial charge in [0, 0.05) is 6.04 Å². The molecule has 1 unspecified atom stereocenters. The first-order valence-corrected chi connectivity index (χ1v) is 5.51. The Labute approximate surface area is 99.2 Å². The van der Waals surface area contributed by atoms with Crippen molar-refractivity contribution in [3.8, 4) is 0 Å². The number of anilines is 1. The van der Waals surface area contributed by atoms with E-state index in [9.17, 15) is 13.6 Å². The van der Waals surface area contributed by atoms with E-state index in [1.165, 1.54) is 12.1 Å². The Hall–Kier alpha value is -1.65. The first-order valence-electron chi connectivity index (χ1n) is 5.51. The molecule has 5 heteroatoms. The number of rotatable bonds is 5. The Kier molecular flexibility index (Phi) is 4.87. The molecule has 1 amide bonds. The van der Waals surface area contributed by atoms with Crippen molar-refractivity contribution in [1.29, 1.82) is 0 Å². The molecule has 0 aliphatic carbocycles. The van der Waals surface area contributed by atoms with Crippen LogP contribution in [0.3, 0.4) is 0 Å². The normalized spacial score (nSPS) is 12.0. The maximum absolute atomic E-state index is 13.2. The summed E-state index contributed by atoms with van der Waals surface area (Å²) in [5, 5.41) is 5.27. The van der Waals surface area contributed by atoms with Gasteiger partial charge in [-0.25, -0.2) is 8.78 Å². The second-order valence-corrected chi connectivity index (χ2v) is 3.83. The standard InChI is InChI=1S/C12H16F2N2O/c1-3-8(2)16-11(17)7-15-10-6-4-5-9(13)12(10)14/h4-6,8,15H,3,7H2,1-2H3,(H,16,17). The van der Waals surface area contributed by atoms with Gasteiger partial charge in [-0.1, -0.05) is 13.0 Å². The van der Waals surface area contributed by atoms with Gasteiger partial charge in [0.05, 0.1) is 12.2 Å². The van der Waals surface area contributed by atoms with Gasteiger partial charge in [-0.05, 0) is 25.5 Å². The van der Waals surface area contributed by atoms with E-state index < -0.39 is 11.6 Å². The smallest absolute Gasteiger partial charge is 0.239 e. The fraction of sp³-hybridized carbons (Fsp3) is 0.417. The number of amides is 1. The van der Waals surface area contributed by atoms with E-state index in [0.29, 0.717) is 0 Å². The van der Waals surface area contributed by atoms with Crippen LogP contribution in [0.15, 0.2) is 18.2 Å². The minimum atomic E-state index is -0.969. The summed E-state index contributed by atoms with van der Waals surface area (Å²) >= 11 is 0. The molecule has 1 atom stereocenters. The monoisotopic (exact) mass is 242 g/mol. The van der Waals surface area contributed by atoms with Crippen molar-refractivity contribution in [2.24, 2.45) is 0 Å². The van der Waals surface area contributed by atoms with E-state index in [4.69, 9.17) is 0 Å². The van der Waals surface area contributed by atoms with Crippen molar-refractivity contribution >= 4 is 11.6 Å². The Balaban J connectivity index is 2.50. The molecule has 1 aromatic rings. The van der Waals surface area contributed by atoms with Crippen LogP contribution in [-0.2, 0) is 4.79 Å². The molecule has 0 heterocycles. The summed E-state index contributed by atoms with van der Waals surface area (Å²) < 4.78 is 26.1. The average molecular weight is 242 g/mol. The van der Waals surface area contributed by atoms with E-state index in [0.717, 1.165) is 12.5 Å². The predicted octanol–water partition coefficient (Wildman–Crippen LogP) is 2.29. The van der Waals surface area contributed by atoms with Gasteiger partial charge in [0.25, 0.3) is 0 Å². The highest BCUT2D eigenvalue weighted by Gasteiger charge is 2.09. The Morgan fingerprint density at radius 3 is 2.76 bits per heavy atom. The van der Waals surface area contributed by atoms with Crippen molar-refractivity contribution in [3.05, 3.63) is 29.8 Å². The number of hydrogen-bond donors (Lipinski definition) is 2. The largest absolute Gasteiger partial charge is 0.374 e. The number of carbonyl (C=O) groups is 1. The Bertz CT molecular complexity index is 396. The lowest BCUT2D eigenvalue weighted by Gasteiger charge is -2.12. The Morgan fingerprint density at radius 1 is 1.41 bits per heavy atom. The lowest BCUT2D eigenvalue weighted by molar-refractivity contribution is -0.120. The molecule has 1 rings (SSSR count). The van der Waals surface area contributed by atoms with Crippen LogP contribution in [0.5, 0.6) is 0 Å². The molecule has 0 saturated heterocycles. The molecule has 94 valence electrons. The number of halogens is 2. The topological polar surface area (TPSA) is 41.1 Å². The Morgan fingerprint density at radius 2 is 2.12 bits per heavy atom. The lowest BCUT2D eigenvalue weighted by atomic mass is 10.2. The van der Waals surface area contributed by atoms with Crippen molar-refractivity contribution in [2.45, 2.75) is 26.3 Å². The second-order valence-electron chi connectivity index (χ2n) is 3.83. The molecule has 0 aliphatic rings. The zero-order valence-electron chi connectivity index (χ0n) is 9.89. The molecule has 17 heavy (non-hydrogen) atoms. The van der Waals surface area contributed by atoms with E-state index >= 15 is 0 Å². The SMILES string of the molecule is CCC(C)NC(=O)CNc1cccc(F)c1F. The molecule has 1 aromatic carbocycles. The quantitative estimate of drug-likeness (QED) is 0.831. The zero-order valence-corrected chi connectivity index (χ0v) is 9.89. The molecule has 0 spiro atoms. The molecule has 0 fully saturated rings. The summed E-state index contributed by atoms with van der Waals surface area (Å²) in [5.41, 5.74) is -0.00991. The van der Waals surface area contributed by atoms with Crippen LogP contribution in [-0.4, -0.2) is 18.5 Å². The van der Waals surface area contributed by atoms with Gasteiger partial charge in [0.1, 0.15) is 0 Å². The van der Waals surface area contributed by atoms with Gasteiger partial charge in [0.2, 0.25) is 5.91 Å². The first kappa shape index (κ1) is 13.4. The highest BCUT2D eigenvalue weighted by Crippen LogP contribution is 2.15. The molecule has 0 aromatic heterocycles. The summed E-state index contributed by atoms with van der Waals surface area (Å²) in [5.74, 6) is -2.15. The summed E-state index contributed by atoms with van der Waals surface area (Å²) in [6, 6.07) is 3.86. The second kappa shape index (κ2) is 6.18. The van der Waals surface area contributed by atoms with Gasteiger partial charge in [-0.15, -0.1) is 0 Å². The molecule has 0 aliphatic heterocycles. The van der Waals surface area contributed by atoms with Crippen LogP contribution in [0, 0.1) is 11.6 Å². The van der Waals surface area contributed by atoms with E-state index in [1.54, 1.807) is 0 Å². The van der Waals surface area contributed by atoms with E-state index in [-0.39, 0.29) is 24.2 Å². The molecule has 3 nitrogen and oxygen atoms in total. The number of nitrogens with one attached hydrogen (secondary N) is 2. The minimum absolute atomic E-state index is 0.00991. The van der Waals surface area contributed by atoms with Crippen LogP contribution < -0.4 is 10.6 Å². The lowest BCUT2D eigenvalue weighted by Crippen LogP contribution is -2.36. The average Bonchev–Trinajstić information content (AvgIpc) is 2.31. The third kappa shape index (κ3) is 4.01. The van der Waals surface area contributed by atoms with E-state index in [2.05, 4.69) is 10.6 Å². The summed E-state index contributed by atoms with van der Waals surface area (Å²) in [7, 11) is 0. The van der Waals surface area contributed by atoms with Crippen molar-refractivity contribution in [2.75, 3.05) is 11.9 Å². The van der Waals surface area contributed by atoms with Crippen molar-refractivity contribution in [3.63, 3.8) is 0 Å². The van der Waals surface area contributed by atoms with Crippen LogP contribution in [0.4, 0.5) is 14.5 Å². The maximum atomic E-state index is 13.2. The van der Waals surface area contributed by atoms with E-state index in [1.807, 2.05) is 13.8 Å². The maximum Gasteiger partial charge on any atom is 0.239 e. The third-order valence-corrected chi connectivity index (χ3v) is 2.41. The van der Waals surface area contributed by atoms with Gasteiger partial charge < -0.3 is 10.6 Å².